The highest BCUT2D eigenvalue weighted by Crippen LogP contribution is 2.11. The summed E-state index contributed by atoms with van der Waals surface area (Å²) in [6, 6.07) is 8.62. The maximum Gasteiger partial charge on any atom is 0.251 e. The molecular weight excluding hydrogens is 308 g/mol. The number of nitrogens with one attached hydrogen (secondary N) is 2. The second kappa shape index (κ2) is 7.74. The summed E-state index contributed by atoms with van der Waals surface area (Å²) < 4.78 is 4.93. The summed E-state index contributed by atoms with van der Waals surface area (Å²) in [5.74, 6) is 0.772. The molecule has 2 amide bonds. The van der Waals surface area contributed by atoms with Crippen molar-refractivity contribution in [2.45, 2.75) is 26.4 Å². The maximum atomic E-state index is 12.2. The lowest BCUT2D eigenvalue weighted by Gasteiger charge is -2.23. The van der Waals surface area contributed by atoms with Crippen LogP contribution in [0.4, 0.5) is 5.82 Å². The average Bonchev–Trinajstić information content (AvgIpc) is 2.98. The summed E-state index contributed by atoms with van der Waals surface area (Å²) in [5.41, 5.74) is 1.62. The van der Waals surface area contributed by atoms with Crippen molar-refractivity contribution in [3.63, 3.8) is 0 Å². The molecule has 0 spiro atoms. The molecule has 1 atom stereocenters. The number of hydrogen-bond acceptors (Lipinski definition) is 5. The molecular formula is C17H22N4O3. The Morgan fingerprint density at radius 1 is 1.29 bits per heavy atom. The number of hydrogen-bond donors (Lipinski definition) is 2. The van der Waals surface area contributed by atoms with Gasteiger partial charge in [0.15, 0.2) is 5.82 Å². The third-order valence-electron chi connectivity index (χ3n) is 3.79. The smallest absolute Gasteiger partial charge is 0.251 e. The Bertz CT molecular complexity index is 709. The zero-order valence-electron chi connectivity index (χ0n) is 14.3. The van der Waals surface area contributed by atoms with Gasteiger partial charge in [0, 0.05) is 25.2 Å². The van der Waals surface area contributed by atoms with Gasteiger partial charge in [-0.3, -0.25) is 14.5 Å². The van der Waals surface area contributed by atoms with E-state index in [1.54, 1.807) is 32.2 Å². The maximum absolute atomic E-state index is 12.2. The van der Waals surface area contributed by atoms with Gasteiger partial charge in [-0.05, 0) is 38.6 Å². The fourth-order valence-corrected chi connectivity index (χ4v) is 2.19. The Morgan fingerprint density at radius 2 is 1.96 bits per heavy atom. The Hall–Kier alpha value is -2.67. The van der Waals surface area contributed by atoms with Gasteiger partial charge in [-0.15, -0.1) is 0 Å². The van der Waals surface area contributed by atoms with E-state index in [2.05, 4.69) is 15.8 Å². The van der Waals surface area contributed by atoms with Crippen molar-refractivity contribution in [3.8, 4) is 0 Å². The first-order valence-electron chi connectivity index (χ1n) is 7.66. The number of aromatic nitrogens is 1. The molecule has 2 N–H and O–H groups in total. The molecule has 0 aliphatic rings. The van der Waals surface area contributed by atoms with Gasteiger partial charge in [0.25, 0.3) is 5.91 Å². The number of likely N-dealkylation sites (N-methyl/N-ethyl adjacent to an activating group) is 1. The van der Waals surface area contributed by atoms with Crippen LogP contribution in [0.2, 0.25) is 0 Å². The molecule has 0 radical (unpaired) electrons. The van der Waals surface area contributed by atoms with Crippen LogP contribution in [0.1, 0.15) is 28.6 Å². The van der Waals surface area contributed by atoms with E-state index >= 15 is 0 Å². The lowest BCUT2D eigenvalue weighted by molar-refractivity contribution is -0.120. The zero-order valence-corrected chi connectivity index (χ0v) is 14.3. The summed E-state index contributed by atoms with van der Waals surface area (Å²) in [7, 11) is 3.46. The lowest BCUT2D eigenvalue weighted by Crippen LogP contribution is -2.39. The summed E-state index contributed by atoms with van der Waals surface area (Å²) in [4.78, 5) is 25.7. The molecule has 128 valence electrons. The van der Waals surface area contributed by atoms with E-state index in [1.165, 1.54) is 0 Å². The van der Waals surface area contributed by atoms with E-state index in [9.17, 15) is 9.59 Å². The van der Waals surface area contributed by atoms with E-state index in [0.29, 0.717) is 23.7 Å². The predicted octanol–water partition coefficient (Wildman–Crippen LogP) is 1.80. The Morgan fingerprint density at radius 3 is 2.50 bits per heavy atom. The quantitative estimate of drug-likeness (QED) is 0.843. The van der Waals surface area contributed by atoms with Crippen LogP contribution in [-0.4, -0.2) is 42.0 Å². The van der Waals surface area contributed by atoms with Gasteiger partial charge in [-0.2, -0.15) is 0 Å². The van der Waals surface area contributed by atoms with Crippen LogP contribution in [-0.2, 0) is 11.3 Å². The number of amides is 2. The van der Waals surface area contributed by atoms with Crippen LogP contribution in [0.25, 0.3) is 0 Å². The fraction of sp³-hybridized carbons (Fsp3) is 0.353. The molecule has 1 heterocycles. The topological polar surface area (TPSA) is 87.5 Å². The number of rotatable bonds is 6. The molecule has 0 aliphatic heterocycles. The first-order chi connectivity index (χ1) is 11.4. The van der Waals surface area contributed by atoms with Crippen LogP contribution >= 0.6 is 0 Å². The molecule has 0 saturated carbocycles. The van der Waals surface area contributed by atoms with E-state index in [4.69, 9.17) is 4.52 Å². The molecule has 0 saturated heterocycles. The second-order valence-corrected chi connectivity index (χ2v) is 5.68. The number of benzene rings is 1. The minimum atomic E-state index is -0.347. The molecule has 0 aliphatic carbocycles. The molecule has 2 rings (SSSR count). The van der Waals surface area contributed by atoms with Gasteiger partial charge in [-0.25, -0.2) is 0 Å². The molecule has 1 aromatic carbocycles. The van der Waals surface area contributed by atoms with Crippen molar-refractivity contribution in [2.75, 3.05) is 19.4 Å². The molecule has 2 aromatic rings. The fourth-order valence-electron chi connectivity index (χ4n) is 2.19. The molecule has 1 unspecified atom stereocenters. The van der Waals surface area contributed by atoms with Gasteiger partial charge >= 0.3 is 0 Å². The molecule has 0 bridgehead atoms. The first kappa shape index (κ1) is 17.7. The van der Waals surface area contributed by atoms with Crippen LogP contribution in [0, 0.1) is 6.92 Å². The van der Waals surface area contributed by atoms with E-state index in [-0.39, 0.29) is 17.9 Å². The first-order valence-corrected chi connectivity index (χ1v) is 7.66. The molecule has 7 heteroatoms. The van der Waals surface area contributed by atoms with Gasteiger partial charge < -0.3 is 15.2 Å². The lowest BCUT2D eigenvalue weighted by atomic mass is 10.1. The Balaban J connectivity index is 1.94. The minimum absolute atomic E-state index is 0.120. The van der Waals surface area contributed by atoms with E-state index < -0.39 is 0 Å². The van der Waals surface area contributed by atoms with Crippen molar-refractivity contribution in [1.29, 1.82) is 0 Å². The summed E-state index contributed by atoms with van der Waals surface area (Å²) in [6.07, 6.45) is 0. The van der Waals surface area contributed by atoms with Crippen molar-refractivity contribution in [3.05, 3.63) is 47.2 Å². The summed E-state index contributed by atoms with van der Waals surface area (Å²) in [6.45, 7) is 4.17. The van der Waals surface area contributed by atoms with Gasteiger partial charge in [0.1, 0.15) is 5.76 Å². The Labute approximate surface area is 141 Å². The van der Waals surface area contributed by atoms with Gasteiger partial charge in [-0.1, -0.05) is 17.3 Å². The largest absolute Gasteiger partial charge is 0.360 e. The third-order valence-corrected chi connectivity index (χ3v) is 3.79. The van der Waals surface area contributed by atoms with Crippen LogP contribution < -0.4 is 10.6 Å². The number of carbonyl (C=O) groups excluding carboxylic acids is 2. The molecule has 0 fully saturated rings. The normalized spacial score (nSPS) is 12.0. The van der Waals surface area contributed by atoms with E-state index in [0.717, 1.165) is 5.56 Å². The second-order valence-electron chi connectivity index (χ2n) is 5.68. The van der Waals surface area contributed by atoms with Gasteiger partial charge in [0.05, 0.1) is 6.04 Å². The van der Waals surface area contributed by atoms with Crippen molar-refractivity contribution in [2.24, 2.45) is 0 Å². The number of anilines is 1. The standard InChI is InChI=1S/C17H22N4O3/c1-11-9-15(20-24-11)19-16(22)12(2)21(4)10-13-5-7-14(8-6-13)17(23)18-3/h5-9,12H,10H2,1-4H3,(H,18,23)(H,19,20,22). The van der Waals surface area contributed by atoms with Crippen LogP contribution in [0.15, 0.2) is 34.9 Å². The van der Waals surface area contributed by atoms with Crippen molar-refractivity contribution < 1.29 is 14.1 Å². The third kappa shape index (κ3) is 4.42. The molecule has 1 aromatic heterocycles. The average molecular weight is 330 g/mol. The molecule has 7 nitrogen and oxygen atoms in total. The highest BCUT2D eigenvalue weighted by atomic mass is 16.5. The van der Waals surface area contributed by atoms with E-state index in [1.807, 2.05) is 31.0 Å². The van der Waals surface area contributed by atoms with Crippen molar-refractivity contribution >= 4 is 17.6 Å². The van der Waals surface area contributed by atoms with Crippen molar-refractivity contribution in [1.82, 2.24) is 15.4 Å². The summed E-state index contributed by atoms with van der Waals surface area (Å²) >= 11 is 0. The highest BCUT2D eigenvalue weighted by Gasteiger charge is 2.19. The predicted molar refractivity (Wildman–Crippen MR) is 90.6 cm³/mol. The number of aryl methyl sites for hydroxylation is 1. The SMILES string of the molecule is CNC(=O)c1ccc(CN(C)C(C)C(=O)Nc2cc(C)on2)cc1. The Kier molecular flexibility index (Phi) is 5.70. The van der Waals surface area contributed by atoms with Gasteiger partial charge in [0.2, 0.25) is 5.91 Å². The van der Waals surface area contributed by atoms with Crippen LogP contribution in [0.5, 0.6) is 0 Å². The summed E-state index contributed by atoms with van der Waals surface area (Å²) in [5, 5.41) is 9.06. The number of nitrogens with zero attached hydrogens (tertiary/aromatic N) is 2. The zero-order chi connectivity index (χ0) is 17.7. The highest BCUT2D eigenvalue weighted by molar-refractivity contribution is 5.94. The number of carbonyl (C=O) groups is 2. The van der Waals surface area contributed by atoms with Crippen LogP contribution in [0.3, 0.4) is 0 Å². The molecule has 24 heavy (non-hydrogen) atoms. The monoisotopic (exact) mass is 330 g/mol. The minimum Gasteiger partial charge on any atom is -0.360 e.